The van der Waals surface area contributed by atoms with E-state index in [1.165, 1.54) is 5.56 Å². The number of rotatable bonds is 3. The molecule has 3 heterocycles. The lowest BCUT2D eigenvalue weighted by Gasteiger charge is -2.16. The number of nitrogens with zero attached hydrogens (tertiary/aromatic N) is 3. The highest BCUT2D eigenvalue weighted by Crippen LogP contribution is 2.31. The number of hydrogen-bond donors (Lipinski definition) is 2. The van der Waals surface area contributed by atoms with Gasteiger partial charge < -0.3 is 15.0 Å². The number of pyridine rings is 1. The highest BCUT2D eigenvalue weighted by Gasteiger charge is 2.26. The number of benzene rings is 1. The van der Waals surface area contributed by atoms with Gasteiger partial charge in [-0.1, -0.05) is 18.2 Å². The molecule has 2 N–H and O–H groups in total. The second kappa shape index (κ2) is 5.76. The van der Waals surface area contributed by atoms with Crippen molar-refractivity contribution in [1.82, 2.24) is 19.9 Å². The molecule has 1 aromatic carbocycles. The Labute approximate surface area is 135 Å². The normalized spacial score (nSPS) is 21.1. The Bertz CT molecular complexity index is 842. The topological polar surface area (TPSA) is 63.0 Å². The first kappa shape index (κ1) is 14.4. The van der Waals surface area contributed by atoms with E-state index >= 15 is 0 Å². The van der Waals surface area contributed by atoms with Gasteiger partial charge in [0.1, 0.15) is 5.82 Å². The monoisotopic (exact) mass is 308 g/mol. The zero-order chi connectivity index (χ0) is 15.8. The third kappa shape index (κ3) is 2.42. The summed E-state index contributed by atoms with van der Waals surface area (Å²) in [6, 6.07) is 8.80. The zero-order valence-corrected chi connectivity index (χ0v) is 13.1. The van der Waals surface area contributed by atoms with Crippen LogP contribution in [0.1, 0.15) is 18.0 Å². The lowest BCUT2D eigenvalue weighted by atomic mass is 10.0. The highest BCUT2D eigenvalue weighted by molar-refractivity contribution is 5.94. The summed E-state index contributed by atoms with van der Waals surface area (Å²) >= 11 is 0. The van der Waals surface area contributed by atoms with Crippen molar-refractivity contribution in [3.8, 4) is 11.4 Å². The van der Waals surface area contributed by atoms with Crippen LogP contribution in [0.15, 0.2) is 42.9 Å². The van der Waals surface area contributed by atoms with Crippen molar-refractivity contribution in [3.05, 3.63) is 48.4 Å². The van der Waals surface area contributed by atoms with Gasteiger partial charge in [-0.05, 0) is 25.0 Å². The summed E-state index contributed by atoms with van der Waals surface area (Å²) in [6.45, 7) is 3.12. The maximum atomic E-state index is 9.34. The second-order valence-electron chi connectivity index (χ2n) is 6.16. The van der Waals surface area contributed by atoms with E-state index < -0.39 is 0 Å². The predicted octanol–water partition coefficient (Wildman–Crippen LogP) is 2.30. The molecule has 5 nitrogen and oxygen atoms in total. The number of hydrogen-bond acceptors (Lipinski definition) is 4. The van der Waals surface area contributed by atoms with Gasteiger partial charge in [0, 0.05) is 48.2 Å². The van der Waals surface area contributed by atoms with Gasteiger partial charge in [-0.3, -0.25) is 4.98 Å². The maximum Gasteiger partial charge on any atom is 0.140 e. The average molecular weight is 308 g/mol. The van der Waals surface area contributed by atoms with Crippen LogP contribution in [0, 0.1) is 6.92 Å². The van der Waals surface area contributed by atoms with Crippen LogP contribution in [0.4, 0.5) is 0 Å². The van der Waals surface area contributed by atoms with Crippen LogP contribution in [0.5, 0.6) is 0 Å². The van der Waals surface area contributed by atoms with Gasteiger partial charge in [0.25, 0.3) is 0 Å². The quantitative estimate of drug-likeness (QED) is 0.779. The number of aliphatic hydroxyl groups excluding tert-OH is 1. The minimum absolute atomic E-state index is 0.173. The SMILES string of the molecule is Cc1ccc(-c2nccn2[C@@H]2CN[C@@H](CO)C2)c2cccnc12. The van der Waals surface area contributed by atoms with Crippen LogP contribution in [0.3, 0.4) is 0 Å². The Morgan fingerprint density at radius 2 is 2.17 bits per heavy atom. The molecule has 0 bridgehead atoms. The molecule has 0 aliphatic carbocycles. The van der Waals surface area contributed by atoms with Crippen molar-refractivity contribution in [2.45, 2.75) is 25.4 Å². The molecule has 0 radical (unpaired) electrons. The Balaban J connectivity index is 1.81. The molecule has 0 amide bonds. The molecule has 1 saturated heterocycles. The van der Waals surface area contributed by atoms with E-state index in [-0.39, 0.29) is 12.6 Å². The first-order valence-corrected chi connectivity index (χ1v) is 7.99. The highest BCUT2D eigenvalue weighted by atomic mass is 16.3. The van der Waals surface area contributed by atoms with E-state index in [1.807, 2.05) is 24.7 Å². The molecule has 2 aromatic heterocycles. The lowest BCUT2D eigenvalue weighted by molar-refractivity contribution is 0.253. The van der Waals surface area contributed by atoms with E-state index in [9.17, 15) is 5.11 Å². The standard InChI is InChI=1S/C18H20N4O/c1-12-4-5-16(15-3-2-6-19-17(12)15)18-20-7-8-22(18)14-9-13(11-23)21-10-14/h2-8,13-14,21,23H,9-11H2,1H3/t13-,14+/m1/s1. The molecule has 0 unspecified atom stereocenters. The summed E-state index contributed by atoms with van der Waals surface area (Å²) in [7, 11) is 0. The number of nitrogens with one attached hydrogen (secondary N) is 1. The Morgan fingerprint density at radius 1 is 1.26 bits per heavy atom. The summed E-state index contributed by atoms with van der Waals surface area (Å²) in [5, 5.41) is 13.8. The molecule has 23 heavy (non-hydrogen) atoms. The largest absolute Gasteiger partial charge is 0.395 e. The van der Waals surface area contributed by atoms with Gasteiger partial charge >= 0.3 is 0 Å². The molecule has 5 heteroatoms. The molecule has 1 fully saturated rings. The molecule has 2 atom stereocenters. The molecular formula is C18H20N4O. The molecule has 0 spiro atoms. The van der Waals surface area contributed by atoms with Gasteiger partial charge in [-0.2, -0.15) is 0 Å². The van der Waals surface area contributed by atoms with E-state index in [0.717, 1.165) is 35.3 Å². The van der Waals surface area contributed by atoms with Crippen LogP contribution in [0.25, 0.3) is 22.3 Å². The smallest absolute Gasteiger partial charge is 0.140 e. The van der Waals surface area contributed by atoms with Crippen LogP contribution in [-0.4, -0.2) is 38.8 Å². The van der Waals surface area contributed by atoms with Gasteiger partial charge in [-0.15, -0.1) is 0 Å². The molecule has 1 aliphatic heterocycles. The van der Waals surface area contributed by atoms with Crippen LogP contribution >= 0.6 is 0 Å². The van der Waals surface area contributed by atoms with Crippen molar-refractivity contribution in [3.63, 3.8) is 0 Å². The third-order valence-electron chi connectivity index (χ3n) is 4.69. The summed E-state index contributed by atoms with van der Waals surface area (Å²) in [5.41, 5.74) is 3.30. The predicted molar refractivity (Wildman–Crippen MR) is 90.2 cm³/mol. The first-order chi connectivity index (χ1) is 11.3. The fraction of sp³-hybridized carbons (Fsp3) is 0.333. The molecular weight excluding hydrogens is 288 g/mol. The second-order valence-corrected chi connectivity index (χ2v) is 6.16. The minimum atomic E-state index is 0.173. The van der Waals surface area contributed by atoms with Crippen molar-refractivity contribution in [2.75, 3.05) is 13.2 Å². The van der Waals surface area contributed by atoms with Crippen molar-refractivity contribution in [2.24, 2.45) is 0 Å². The van der Waals surface area contributed by atoms with E-state index in [2.05, 4.69) is 45.0 Å². The number of aromatic nitrogens is 3. The van der Waals surface area contributed by atoms with Crippen molar-refractivity contribution < 1.29 is 5.11 Å². The van der Waals surface area contributed by atoms with Crippen LogP contribution < -0.4 is 5.32 Å². The Hall–Kier alpha value is -2.24. The fourth-order valence-electron chi connectivity index (χ4n) is 3.47. The number of imidazole rings is 1. The van der Waals surface area contributed by atoms with Gasteiger partial charge in [0.2, 0.25) is 0 Å². The fourth-order valence-corrected chi connectivity index (χ4v) is 3.47. The third-order valence-corrected chi connectivity index (χ3v) is 4.69. The van der Waals surface area contributed by atoms with Gasteiger partial charge in [-0.25, -0.2) is 4.98 Å². The van der Waals surface area contributed by atoms with Gasteiger partial charge in [0.05, 0.1) is 12.1 Å². The van der Waals surface area contributed by atoms with Gasteiger partial charge in [0.15, 0.2) is 0 Å². The summed E-state index contributed by atoms with van der Waals surface area (Å²) in [4.78, 5) is 9.13. The van der Waals surface area contributed by atoms with E-state index in [0.29, 0.717) is 6.04 Å². The van der Waals surface area contributed by atoms with Crippen LogP contribution in [-0.2, 0) is 0 Å². The number of aryl methyl sites for hydroxylation is 1. The zero-order valence-electron chi connectivity index (χ0n) is 13.1. The van der Waals surface area contributed by atoms with E-state index in [4.69, 9.17) is 0 Å². The Kier molecular flexibility index (Phi) is 3.59. The lowest BCUT2D eigenvalue weighted by Crippen LogP contribution is -2.24. The van der Waals surface area contributed by atoms with Crippen LogP contribution in [0.2, 0.25) is 0 Å². The van der Waals surface area contributed by atoms with E-state index in [1.54, 1.807) is 0 Å². The van der Waals surface area contributed by atoms with Crippen molar-refractivity contribution >= 4 is 10.9 Å². The number of aliphatic hydroxyl groups is 1. The molecule has 3 aromatic rings. The molecule has 1 aliphatic rings. The molecule has 4 rings (SSSR count). The molecule has 0 saturated carbocycles. The van der Waals surface area contributed by atoms with Crippen molar-refractivity contribution in [1.29, 1.82) is 0 Å². The maximum absolute atomic E-state index is 9.34. The number of fused-ring (bicyclic) bond motifs is 1. The minimum Gasteiger partial charge on any atom is -0.395 e. The molecule has 118 valence electrons. The Morgan fingerprint density at radius 3 is 3.00 bits per heavy atom. The summed E-state index contributed by atoms with van der Waals surface area (Å²) < 4.78 is 2.22. The average Bonchev–Trinajstić information content (AvgIpc) is 3.24. The summed E-state index contributed by atoms with van der Waals surface area (Å²) in [6.07, 6.45) is 6.63. The first-order valence-electron chi connectivity index (χ1n) is 7.99. The summed E-state index contributed by atoms with van der Waals surface area (Å²) in [5.74, 6) is 0.966.